The van der Waals surface area contributed by atoms with Gasteiger partial charge < -0.3 is 14.2 Å². The maximum atomic E-state index is 5.99. The van der Waals surface area contributed by atoms with Crippen LogP contribution in [0.1, 0.15) is 52.9 Å². The highest BCUT2D eigenvalue weighted by molar-refractivity contribution is 5.21. The zero-order valence-corrected chi connectivity index (χ0v) is 13.8. The van der Waals surface area contributed by atoms with Crippen molar-refractivity contribution in [2.75, 3.05) is 13.2 Å². The lowest BCUT2D eigenvalue weighted by molar-refractivity contribution is -0.196. The van der Waals surface area contributed by atoms with E-state index in [4.69, 9.17) is 14.2 Å². The minimum Gasteiger partial charge on any atom is -0.495 e. The first-order valence-corrected chi connectivity index (χ1v) is 7.93. The van der Waals surface area contributed by atoms with Crippen LogP contribution < -0.4 is 0 Å². The van der Waals surface area contributed by atoms with Crippen LogP contribution in [0.3, 0.4) is 0 Å². The minimum absolute atomic E-state index is 0.0610. The van der Waals surface area contributed by atoms with Crippen molar-refractivity contribution in [3.05, 3.63) is 36.1 Å². The molecule has 3 heteroatoms. The summed E-state index contributed by atoms with van der Waals surface area (Å²) < 4.78 is 17.6. The third-order valence-electron chi connectivity index (χ3n) is 3.59. The highest BCUT2D eigenvalue weighted by atomic mass is 16.7. The second kappa shape index (κ2) is 9.80. The predicted octanol–water partition coefficient (Wildman–Crippen LogP) is 4.75. The average Bonchev–Trinajstić information content (AvgIpc) is 2.49. The summed E-state index contributed by atoms with van der Waals surface area (Å²) in [5.41, 5.74) is 2.14. The summed E-state index contributed by atoms with van der Waals surface area (Å²) in [5, 5.41) is 0. The van der Waals surface area contributed by atoms with Gasteiger partial charge in [0, 0.05) is 13.0 Å². The van der Waals surface area contributed by atoms with Crippen molar-refractivity contribution in [3.8, 4) is 0 Å². The minimum atomic E-state index is -0.0682. The van der Waals surface area contributed by atoms with Gasteiger partial charge >= 0.3 is 0 Å². The van der Waals surface area contributed by atoms with E-state index in [0.717, 1.165) is 49.2 Å². The first-order valence-electron chi connectivity index (χ1n) is 7.93. The molecule has 0 aliphatic carbocycles. The van der Waals surface area contributed by atoms with E-state index in [2.05, 4.69) is 20.1 Å². The van der Waals surface area contributed by atoms with E-state index in [1.54, 1.807) is 0 Å². The summed E-state index contributed by atoms with van der Waals surface area (Å²) in [7, 11) is 0. The first-order chi connectivity index (χ1) is 10.1. The largest absolute Gasteiger partial charge is 0.495 e. The maximum Gasteiger partial charge on any atom is 0.158 e. The lowest BCUT2D eigenvalue weighted by Gasteiger charge is -2.27. The van der Waals surface area contributed by atoms with Crippen molar-refractivity contribution in [1.29, 1.82) is 0 Å². The van der Waals surface area contributed by atoms with Gasteiger partial charge in [0.15, 0.2) is 6.29 Å². The van der Waals surface area contributed by atoms with E-state index in [9.17, 15) is 0 Å². The van der Waals surface area contributed by atoms with Crippen LogP contribution in [0.2, 0.25) is 0 Å². The zero-order valence-electron chi connectivity index (χ0n) is 13.8. The Labute approximate surface area is 129 Å². The Kier molecular flexibility index (Phi) is 8.40. The molecular formula is C18H30O3. The molecule has 2 unspecified atom stereocenters. The molecule has 1 aliphatic heterocycles. The molecule has 1 aliphatic rings. The van der Waals surface area contributed by atoms with Gasteiger partial charge in [0.05, 0.1) is 6.10 Å². The van der Waals surface area contributed by atoms with Crippen molar-refractivity contribution in [3.63, 3.8) is 0 Å². The van der Waals surface area contributed by atoms with Crippen molar-refractivity contribution < 1.29 is 14.2 Å². The Morgan fingerprint density at radius 1 is 1.38 bits per heavy atom. The molecule has 0 aromatic carbocycles. The van der Waals surface area contributed by atoms with E-state index in [-0.39, 0.29) is 12.4 Å². The molecule has 0 bridgehead atoms. The molecule has 0 aromatic rings. The molecule has 0 radical (unpaired) electrons. The second-order valence-corrected chi connectivity index (χ2v) is 5.72. The first kappa shape index (κ1) is 18.0. The van der Waals surface area contributed by atoms with Crippen molar-refractivity contribution >= 4 is 0 Å². The van der Waals surface area contributed by atoms with Crippen molar-refractivity contribution in [1.82, 2.24) is 0 Å². The van der Waals surface area contributed by atoms with Crippen LogP contribution in [0.4, 0.5) is 0 Å². The third kappa shape index (κ3) is 6.96. The van der Waals surface area contributed by atoms with Crippen LogP contribution in [-0.2, 0) is 14.2 Å². The van der Waals surface area contributed by atoms with Crippen molar-refractivity contribution in [2.45, 2.75) is 65.3 Å². The van der Waals surface area contributed by atoms with Crippen LogP contribution in [0.25, 0.3) is 0 Å². The molecule has 3 nitrogen and oxygen atoms in total. The van der Waals surface area contributed by atoms with Crippen LogP contribution in [0.15, 0.2) is 36.1 Å². The highest BCUT2D eigenvalue weighted by Crippen LogP contribution is 2.20. The predicted molar refractivity (Wildman–Crippen MR) is 87.0 cm³/mol. The van der Waals surface area contributed by atoms with Gasteiger partial charge in [-0.1, -0.05) is 31.7 Å². The van der Waals surface area contributed by atoms with Gasteiger partial charge in [0.1, 0.15) is 12.4 Å². The van der Waals surface area contributed by atoms with E-state index in [0.29, 0.717) is 6.61 Å². The van der Waals surface area contributed by atoms with E-state index in [1.807, 2.05) is 19.9 Å². The molecule has 0 saturated carbocycles. The van der Waals surface area contributed by atoms with Gasteiger partial charge in [-0.25, -0.2) is 0 Å². The Balaban J connectivity index is 2.50. The number of allylic oxidation sites excluding steroid dienone is 3. The summed E-state index contributed by atoms with van der Waals surface area (Å²) in [6.45, 7) is 15.2. The molecule has 2 atom stereocenters. The standard InChI is InChI=1S/C18H30O3/c1-6-15(5)17(12-14(3)4)20-13-16(7-2)21-18-10-8-9-11-19-18/h6,16,18H,1,3,7-13H2,2,4-5H3/b17-15+. The topological polar surface area (TPSA) is 27.7 Å². The maximum absolute atomic E-state index is 5.99. The summed E-state index contributed by atoms with van der Waals surface area (Å²) in [5.74, 6) is 0.934. The molecule has 0 spiro atoms. The third-order valence-corrected chi connectivity index (χ3v) is 3.59. The zero-order chi connectivity index (χ0) is 15.7. The van der Waals surface area contributed by atoms with Gasteiger partial charge in [0.25, 0.3) is 0 Å². The molecule has 21 heavy (non-hydrogen) atoms. The van der Waals surface area contributed by atoms with E-state index >= 15 is 0 Å². The van der Waals surface area contributed by atoms with Gasteiger partial charge in [-0.2, -0.15) is 0 Å². The Morgan fingerprint density at radius 3 is 2.67 bits per heavy atom. The molecule has 1 heterocycles. The van der Waals surface area contributed by atoms with Gasteiger partial charge in [0.2, 0.25) is 0 Å². The van der Waals surface area contributed by atoms with Crippen LogP contribution in [-0.4, -0.2) is 25.6 Å². The Morgan fingerprint density at radius 2 is 2.14 bits per heavy atom. The SMILES string of the molecule is C=C/C(C)=C(\CC(=C)C)OCC(CC)OC1CCCCO1. The fourth-order valence-corrected chi connectivity index (χ4v) is 2.17. The molecule has 0 N–H and O–H groups in total. The average molecular weight is 294 g/mol. The summed E-state index contributed by atoms with van der Waals surface area (Å²) in [6, 6.07) is 0. The fraction of sp³-hybridized carbons (Fsp3) is 0.667. The van der Waals surface area contributed by atoms with E-state index in [1.165, 1.54) is 6.42 Å². The lowest BCUT2D eigenvalue weighted by atomic mass is 10.1. The van der Waals surface area contributed by atoms with Crippen LogP contribution >= 0.6 is 0 Å². The molecule has 0 aromatic heterocycles. The van der Waals surface area contributed by atoms with Gasteiger partial charge in [-0.05, 0) is 45.1 Å². The molecular weight excluding hydrogens is 264 g/mol. The number of rotatable bonds is 9. The van der Waals surface area contributed by atoms with Crippen molar-refractivity contribution in [2.24, 2.45) is 0 Å². The molecule has 1 saturated heterocycles. The second-order valence-electron chi connectivity index (χ2n) is 5.72. The quantitative estimate of drug-likeness (QED) is 0.349. The smallest absolute Gasteiger partial charge is 0.158 e. The summed E-state index contributed by atoms with van der Waals surface area (Å²) in [6.07, 6.45) is 6.77. The normalized spacial score (nSPS) is 21.4. The van der Waals surface area contributed by atoms with Crippen LogP contribution in [0.5, 0.6) is 0 Å². The molecule has 1 fully saturated rings. The number of hydrogen-bond donors (Lipinski definition) is 0. The van der Waals surface area contributed by atoms with Crippen LogP contribution in [0, 0.1) is 0 Å². The summed E-state index contributed by atoms with van der Waals surface area (Å²) >= 11 is 0. The monoisotopic (exact) mass is 294 g/mol. The highest BCUT2D eigenvalue weighted by Gasteiger charge is 2.19. The fourth-order valence-electron chi connectivity index (χ4n) is 2.17. The summed E-state index contributed by atoms with van der Waals surface area (Å²) in [4.78, 5) is 0. The number of ether oxygens (including phenoxy) is 3. The molecule has 0 amide bonds. The molecule has 120 valence electrons. The van der Waals surface area contributed by atoms with E-state index < -0.39 is 0 Å². The Hall–Kier alpha value is -1.06. The molecule has 1 rings (SSSR count). The lowest BCUT2D eigenvalue weighted by Crippen LogP contribution is -2.30. The van der Waals surface area contributed by atoms with Gasteiger partial charge in [-0.15, -0.1) is 0 Å². The Bertz CT molecular complexity index is 365. The number of hydrogen-bond acceptors (Lipinski definition) is 3. The van der Waals surface area contributed by atoms with Gasteiger partial charge in [-0.3, -0.25) is 0 Å².